The largest absolute Gasteiger partial charge is 0.496 e. The van der Waals surface area contributed by atoms with Crippen molar-refractivity contribution < 1.29 is 9.53 Å². The van der Waals surface area contributed by atoms with Crippen LogP contribution in [0.2, 0.25) is 0 Å². The van der Waals surface area contributed by atoms with Crippen LogP contribution >= 0.6 is 0 Å². The zero-order valence-corrected chi connectivity index (χ0v) is 6.65. The Bertz CT molecular complexity index is 274. The number of para-hydroxylation sites is 1. The molecule has 0 atom stereocenters. The third-order valence-corrected chi connectivity index (χ3v) is 1.37. The number of hydrogen-bond acceptors (Lipinski definition) is 2. The standard InChI is InChI=1S/C8H9NO2.N/c1-11-7-5-3-2-4-6(7)8(9)10;/h2-5H,1H3,(H2,9,10);. The smallest absolute Gasteiger partial charge is 0.252 e. The summed E-state index contributed by atoms with van der Waals surface area (Å²) in [5, 5.41) is 0. The Morgan fingerprint density at radius 1 is 1.42 bits per heavy atom. The van der Waals surface area contributed by atoms with E-state index in [0.29, 0.717) is 11.3 Å². The van der Waals surface area contributed by atoms with Crippen LogP contribution in [-0.4, -0.2) is 13.0 Å². The van der Waals surface area contributed by atoms with Crippen LogP contribution in [0.5, 0.6) is 5.75 Å². The van der Waals surface area contributed by atoms with Crippen molar-refractivity contribution in [1.29, 1.82) is 0 Å². The van der Waals surface area contributed by atoms with Gasteiger partial charge in [-0.05, 0) is 12.1 Å². The van der Waals surface area contributed by atoms with Gasteiger partial charge in [-0.15, -0.1) is 0 Å². The number of amides is 1. The molecule has 0 aromatic heterocycles. The summed E-state index contributed by atoms with van der Waals surface area (Å²) in [5.41, 5.74) is 5.48. The zero-order chi connectivity index (χ0) is 8.27. The second-order valence-corrected chi connectivity index (χ2v) is 2.06. The molecule has 12 heavy (non-hydrogen) atoms. The molecule has 1 aromatic carbocycles. The van der Waals surface area contributed by atoms with Gasteiger partial charge in [-0.2, -0.15) is 0 Å². The molecule has 2 N–H and O–H groups in total. The number of nitrogens with zero attached hydrogens (tertiary/aromatic N) is 1. The number of rotatable bonds is 2. The van der Waals surface area contributed by atoms with Gasteiger partial charge in [-0.25, -0.2) is 0 Å². The molecule has 4 nitrogen and oxygen atoms in total. The van der Waals surface area contributed by atoms with Crippen molar-refractivity contribution in [2.45, 2.75) is 0 Å². The van der Waals surface area contributed by atoms with E-state index in [1.54, 1.807) is 24.3 Å². The molecule has 4 heteroatoms. The molecule has 0 aliphatic rings. The quantitative estimate of drug-likeness (QED) is 0.684. The van der Waals surface area contributed by atoms with E-state index in [0.717, 1.165) is 0 Å². The summed E-state index contributed by atoms with van der Waals surface area (Å²) >= 11 is 0. The normalized spacial score (nSPS) is 8.42. The predicted molar refractivity (Wildman–Crippen MR) is 43.6 cm³/mol. The Kier molecular flexibility index (Phi) is 3.79. The second-order valence-electron chi connectivity index (χ2n) is 2.06. The molecule has 1 rings (SSSR count). The zero-order valence-electron chi connectivity index (χ0n) is 6.65. The van der Waals surface area contributed by atoms with Gasteiger partial charge in [0.25, 0.3) is 5.91 Å². The molecule has 0 spiro atoms. The minimum Gasteiger partial charge on any atom is -0.496 e. The third-order valence-electron chi connectivity index (χ3n) is 1.37. The minimum absolute atomic E-state index is 0. The maximum Gasteiger partial charge on any atom is 0.252 e. The van der Waals surface area contributed by atoms with Gasteiger partial charge >= 0.3 is 0 Å². The van der Waals surface area contributed by atoms with E-state index in [-0.39, 0.29) is 6.15 Å². The molecule has 63 valence electrons. The first-order valence-electron chi connectivity index (χ1n) is 3.18. The lowest BCUT2D eigenvalue weighted by Crippen LogP contribution is -2.11. The van der Waals surface area contributed by atoms with Crippen LogP contribution in [0.4, 0.5) is 0 Å². The van der Waals surface area contributed by atoms with Crippen LogP contribution in [0.15, 0.2) is 24.3 Å². The van der Waals surface area contributed by atoms with E-state index in [9.17, 15) is 4.79 Å². The Hall–Kier alpha value is -1.55. The molecule has 0 unspecified atom stereocenters. The number of methoxy groups -OCH3 is 1. The summed E-state index contributed by atoms with van der Waals surface area (Å²) < 4.78 is 4.91. The number of primary amides is 1. The van der Waals surface area contributed by atoms with Crippen molar-refractivity contribution in [3.8, 4) is 5.75 Å². The SMILES string of the molecule is COc1ccccc1C(N)=O.[N]. The van der Waals surface area contributed by atoms with E-state index in [4.69, 9.17) is 10.5 Å². The van der Waals surface area contributed by atoms with Gasteiger partial charge in [0, 0.05) is 6.15 Å². The van der Waals surface area contributed by atoms with Crippen molar-refractivity contribution in [2.75, 3.05) is 7.11 Å². The van der Waals surface area contributed by atoms with Crippen LogP contribution in [0.25, 0.3) is 0 Å². The van der Waals surface area contributed by atoms with Gasteiger partial charge < -0.3 is 10.5 Å². The van der Waals surface area contributed by atoms with Crippen LogP contribution < -0.4 is 16.6 Å². The van der Waals surface area contributed by atoms with Crippen molar-refractivity contribution in [3.63, 3.8) is 0 Å². The van der Waals surface area contributed by atoms with Gasteiger partial charge in [0.2, 0.25) is 0 Å². The Morgan fingerprint density at radius 3 is 2.42 bits per heavy atom. The molecule has 0 saturated carbocycles. The summed E-state index contributed by atoms with van der Waals surface area (Å²) in [4.78, 5) is 10.7. The number of benzene rings is 1. The first kappa shape index (κ1) is 10.4. The molecule has 0 bridgehead atoms. The average molecular weight is 165 g/mol. The molecule has 0 heterocycles. The monoisotopic (exact) mass is 165 g/mol. The van der Waals surface area contributed by atoms with Crippen LogP contribution in [0.3, 0.4) is 0 Å². The molecule has 1 aromatic rings. The van der Waals surface area contributed by atoms with Crippen molar-refractivity contribution in [2.24, 2.45) is 5.73 Å². The fourth-order valence-corrected chi connectivity index (χ4v) is 0.848. The van der Waals surface area contributed by atoms with E-state index in [2.05, 4.69) is 0 Å². The first-order valence-corrected chi connectivity index (χ1v) is 3.18. The van der Waals surface area contributed by atoms with Gasteiger partial charge in [0.1, 0.15) is 5.75 Å². The van der Waals surface area contributed by atoms with Crippen LogP contribution in [0, 0.1) is 0 Å². The molecular weight excluding hydrogens is 156 g/mol. The molecule has 0 aliphatic heterocycles. The number of hydrogen-bond donors (Lipinski definition) is 1. The third kappa shape index (κ3) is 1.96. The summed E-state index contributed by atoms with van der Waals surface area (Å²) in [6.45, 7) is 0. The molecule has 3 radical (unpaired) electrons. The number of nitrogens with two attached hydrogens (primary N) is 1. The predicted octanol–water partition coefficient (Wildman–Crippen LogP) is 0.314. The van der Waals surface area contributed by atoms with Crippen molar-refractivity contribution in [1.82, 2.24) is 6.15 Å². The number of carbonyl (C=O) groups is 1. The highest BCUT2D eigenvalue weighted by molar-refractivity contribution is 5.95. The maximum absolute atomic E-state index is 10.7. The molecular formula is C8H9N2O2. The Balaban J connectivity index is 0.00000121. The van der Waals surface area contributed by atoms with Gasteiger partial charge in [-0.1, -0.05) is 12.1 Å². The first-order chi connectivity index (χ1) is 5.25. The number of ether oxygens (including phenoxy) is 1. The highest BCUT2D eigenvalue weighted by atomic mass is 16.5. The number of carbonyl (C=O) groups excluding carboxylic acids is 1. The van der Waals surface area contributed by atoms with E-state index in [1.807, 2.05) is 0 Å². The lowest BCUT2D eigenvalue weighted by Gasteiger charge is -2.02. The fourth-order valence-electron chi connectivity index (χ4n) is 0.848. The summed E-state index contributed by atoms with van der Waals surface area (Å²) in [7, 11) is 1.50. The van der Waals surface area contributed by atoms with Crippen LogP contribution in [-0.2, 0) is 0 Å². The van der Waals surface area contributed by atoms with Gasteiger partial charge in [0.05, 0.1) is 12.7 Å². The Labute approximate surface area is 70.9 Å². The highest BCUT2D eigenvalue weighted by Crippen LogP contribution is 2.15. The van der Waals surface area contributed by atoms with Crippen LogP contribution in [0.1, 0.15) is 10.4 Å². The van der Waals surface area contributed by atoms with Crippen molar-refractivity contribution >= 4 is 5.91 Å². The average Bonchev–Trinajstić information content (AvgIpc) is 2.04. The Morgan fingerprint density at radius 2 is 2.00 bits per heavy atom. The summed E-state index contributed by atoms with van der Waals surface area (Å²) in [6.07, 6.45) is 0. The molecule has 0 aliphatic carbocycles. The van der Waals surface area contributed by atoms with Crippen molar-refractivity contribution in [3.05, 3.63) is 29.8 Å². The summed E-state index contributed by atoms with van der Waals surface area (Å²) in [6, 6.07) is 6.84. The van der Waals surface area contributed by atoms with E-state index >= 15 is 0 Å². The lowest BCUT2D eigenvalue weighted by atomic mass is 10.2. The molecule has 0 saturated heterocycles. The fraction of sp³-hybridized carbons (Fsp3) is 0.125. The molecule has 1 amide bonds. The van der Waals surface area contributed by atoms with E-state index < -0.39 is 5.91 Å². The maximum atomic E-state index is 10.7. The molecule has 0 fully saturated rings. The minimum atomic E-state index is -0.470. The highest BCUT2D eigenvalue weighted by Gasteiger charge is 2.05. The van der Waals surface area contributed by atoms with Gasteiger partial charge in [-0.3, -0.25) is 4.79 Å². The van der Waals surface area contributed by atoms with Gasteiger partial charge in [0.15, 0.2) is 0 Å². The van der Waals surface area contributed by atoms with E-state index in [1.165, 1.54) is 7.11 Å². The lowest BCUT2D eigenvalue weighted by molar-refractivity contribution is 0.0997. The second kappa shape index (κ2) is 4.35. The topological polar surface area (TPSA) is 82.8 Å². The summed E-state index contributed by atoms with van der Waals surface area (Å²) in [5.74, 6) is 0.0439.